The van der Waals surface area contributed by atoms with Crippen molar-refractivity contribution in [3.63, 3.8) is 0 Å². The minimum atomic E-state index is 0.695. The number of pyridine rings is 1. The molecule has 64 valence electrons. The van der Waals surface area contributed by atoms with Crippen LogP contribution < -0.4 is 11.1 Å². The predicted octanol–water partition coefficient (Wildman–Crippen LogP) is 1.58. The first kappa shape index (κ1) is 7.40. The van der Waals surface area contributed by atoms with Gasteiger partial charge in [-0.1, -0.05) is 0 Å². The second kappa shape index (κ2) is 2.66. The Bertz CT molecular complexity index is 292. The molecule has 1 aromatic heterocycles. The maximum Gasteiger partial charge on any atom is 0.149 e. The van der Waals surface area contributed by atoms with Crippen LogP contribution in [0.15, 0.2) is 12.3 Å². The fourth-order valence-electron chi connectivity index (χ4n) is 1.44. The Kier molecular flexibility index (Phi) is 1.64. The average molecular weight is 163 g/mol. The highest BCUT2D eigenvalue weighted by Gasteiger charge is 2.26. The first-order chi connectivity index (χ1) is 5.83. The van der Waals surface area contributed by atoms with Gasteiger partial charge in [-0.15, -0.1) is 0 Å². The van der Waals surface area contributed by atoms with Crippen molar-refractivity contribution in [1.82, 2.24) is 4.98 Å². The van der Waals surface area contributed by atoms with Gasteiger partial charge in [0.2, 0.25) is 0 Å². The van der Waals surface area contributed by atoms with E-state index in [1.165, 1.54) is 18.4 Å². The molecule has 12 heavy (non-hydrogen) atoms. The number of anilines is 2. The molecule has 1 aliphatic carbocycles. The molecule has 0 amide bonds. The van der Waals surface area contributed by atoms with Crippen LogP contribution in [0.25, 0.3) is 0 Å². The topological polar surface area (TPSA) is 50.9 Å². The molecule has 0 unspecified atom stereocenters. The molecule has 0 atom stereocenters. The first-order valence-electron chi connectivity index (χ1n) is 4.25. The summed E-state index contributed by atoms with van der Waals surface area (Å²) in [6.07, 6.45) is 4.37. The molecule has 1 aliphatic rings. The van der Waals surface area contributed by atoms with Crippen molar-refractivity contribution in [2.24, 2.45) is 0 Å². The third kappa shape index (κ3) is 1.11. The van der Waals surface area contributed by atoms with Gasteiger partial charge in [-0.05, 0) is 30.4 Å². The van der Waals surface area contributed by atoms with Crippen LogP contribution in [0, 0.1) is 0 Å². The molecule has 3 N–H and O–H groups in total. The molecule has 1 heterocycles. The quantitative estimate of drug-likeness (QED) is 0.696. The van der Waals surface area contributed by atoms with E-state index in [0.29, 0.717) is 5.92 Å². The normalized spacial score (nSPS) is 16.1. The van der Waals surface area contributed by atoms with Gasteiger partial charge in [0.15, 0.2) is 0 Å². The molecule has 0 bridgehead atoms. The van der Waals surface area contributed by atoms with Gasteiger partial charge >= 0.3 is 0 Å². The Balaban J connectivity index is 2.40. The molecule has 2 rings (SSSR count). The molecular formula is C9H13N3. The summed E-state index contributed by atoms with van der Waals surface area (Å²) in [7, 11) is 1.84. The number of rotatable bonds is 2. The van der Waals surface area contributed by atoms with Gasteiger partial charge in [0, 0.05) is 13.2 Å². The Morgan fingerprint density at radius 2 is 2.33 bits per heavy atom. The van der Waals surface area contributed by atoms with Crippen molar-refractivity contribution in [3.8, 4) is 0 Å². The van der Waals surface area contributed by atoms with Gasteiger partial charge < -0.3 is 11.1 Å². The molecule has 1 saturated carbocycles. The maximum absolute atomic E-state index is 5.91. The summed E-state index contributed by atoms with van der Waals surface area (Å²) < 4.78 is 0. The summed E-state index contributed by atoms with van der Waals surface area (Å²) in [5.74, 6) is 1.50. The van der Waals surface area contributed by atoms with E-state index in [2.05, 4.69) is 10.3 Å². The molecule has 0 saturated heterocycles. The summed E-state index contributed by atoms with van der Waals surface area (Å²) in [6.45, 7) is 0. The second-order valence-electron chi connectivity index (χ2n) is 3.19. The zero-order valence-electron chi connectivity index (χ0n) is 7.17. The van der Waals surface area contributed by atoms with E-state index in [1.54, 1.807) is 0 Å². The van der Waals surface area contributed by atoms with Crippen molar-refractivity contribution in [3.05, 3.63) is 17.8 Å². The Morgan fingerprint density at radius 1 is 1.58 bits per heavy atom. The van der Waals surface area contributed by atoms with Crippen molar-refractivity contribution >= 4 is 11.5 Å². The number of nitrogens with one attached hydrogen (secondary N) is 1. The number of nitrogens with two attached hydrogens (primary N) is 1. The Labute approximate surface area is 72.0 Å². The molecular weight excluding hydrogens is 150 g/mol. The van der Waals surface area contributed by atoms with E-state index in [4.69, 9.17) is 5.73 Å². The van der Waals surface area contributed by atoms with Crippen LogP contribution in [0.1, 0.15) is 24.3 Å². The lowest BCUT2D eigenvalue weighted by Crippen LogP contribution is -2.01. The summed E-state index contributed by atoms with van der Waals surface area (Å²) >= 11 is 0. The number of nitrogen functional groups attached to an aromatic ring is 1. The summed E-state index contributed by atoms with van der Waals surface area (Å²) in [5, 5.41) is 2.98. The fourth-order valence-corrected chi connectivity index (χ4v) is 1.44. The molecule has 3 nitrogen and oxygen atoms in total. The van der Waals surface area contributed by atoms with Gasteiger partial charge in [0.25, 0.3) is 0 Å². The first-order valence-corrected chi connectivity index (χ1v) is 4.25. The molecule has 0 aromatic carbocycles. The van der Waals surface area contributed by atoms with Crippen molar-refractivity contribution in [2.75, 3.05) is 18.1 Å². The molecule has 1 aromatic rings. The van der Waals surface area contributed by atoms with E-state index in [-0.39, 0.29) is 0 Å². The summed E-state index contributed by atoms with van der Waals surface area (Å²) in [5.41, 5.74) is 7.99. The fraction of sp³-hybridized carbons (Fsp3) is 0.444. The minimum absolute atomic E-state index is 0.695. The largest absolute Gasteiger partial charge is 0.396 e. The smallest absolute Gasteiger partial charge is 0.149 e. The number of aromatic nitrogens is 1. The lowest BCUT2D eigenvalue weighted by atomic mass is 10.1. The molecule has 0 spiro atoms. The third-order valence-electron chi connectivity index (χ3n) is 2.28. The number of hydrogen-bond donors (Lipinski definition) is 2. The van der Waals surface area contributed by atoms with E-state index in [9.17, 15) is 0 Å². The van der Waals surface area contributed by atoms with E-state index in [0.717, 1.165) is 11.5 Å². The van der Waals surface area contributed by atoms with Crippen LogP contribution in [0.3, 0.4) is 0 Å². The summed E-state index contributed by atoms with van der Waals surface area (Å²) in [6, 6.07) is 2.02. The van der Waals surface area contributed by atoms with Crippen LogP contribution in [0.5, 0.6) is 0 Å². The summed E-state index contributed by atoms with van der Waals surface area (Å²) in [4.78, 5) is 4.13. The van der Waals surface area contributed by atoms with Crippen molar-refractivity contribution in [1.29, 1.82) is 0 Å². The Hall–Kier alpha value is -1.25. The van der Waals surface area contributed by atoms with Crippen molar-refractivity contribution < 1.29 is 0 Å². The van der Waals surface area contributed by atoms with E-state index in [1.807, 2.05) is 19.3 Å². The monoisotopic (exact) mass is 163 g/mol. The van der Waals surface area contributed by atoms with Crippen LogP contribution in [0.2, 0.25) is 0 Å². The SMILES string of the molecule is CNc1nccc(C2CC2)c1N. The minimum Gasteiger partial charge on any atom is -0.396 e. The Morgan fingerprint density at radius 3 is 2.92 bits per heavy atom. The maximum atomic E-state index is 5.91. The van der Waals surface area contributed by atoms with Gasteiger partial charge in [-0.2, -0.15) is 0 Å². The lowest BCUT2D eigenvalue weighted by molar-refractivity contribution is 1.11. The number of nitrogens with zero attached hydrogens (tertiary/aromatic N) is 1. The molecule has 0 radical (unpaired) electrons. The predicted molar refractivity (Wildman–Crippen MR) is 50.2 cm³/mol. The van der Waals surface area contributed by atoms with E-state index < -0.39 is 0 Å². The third-order valence-corrected chi connectivity index (χ3v) is 2.28. The van der Waals surface area contributed by atoms with Crippen LogP contribution >= 0.6 is 0 Å². The van der Waals surface area contributed by atoms with Gasteiger partial charge in [0.05, 0.1) is 5.69 Å². The van der Waals surface area contributed by atoms with Gasteiger partial charge in [-0.25, -0.2) is 4.98 Å². The molecule has 3 heteroatoms. The standard InChI is InChI=1S/C9H13N3/c1-11-9-8(10)7(4-5-12-9)6-2-3-6/h4-6H,2-3,10H2,1H3,(H,11,12). The van der Waals surface area contributed by atoms with Crippen molar-refractivity contribution in [2.45, 2.75) is 18.8 Å². The van der Waals surface area contributed by atoms with Crippen LogP contribution in [-0.4, -0.2) is 12.0 Å². The van der Waals surface area contributed by atoms with Gasteiger partial charge in [-0.3, -0.25) is 0 Å². The van der Waals surface area contributed by atoms with Gasteiger partial charge in [0.1, 0.15) is 5.82 Å². The zero-order chi connectivity index (χ0) is 8.55. The lowest BCUT2D eigenvalue weighted by Gasteiger charge is -2.07. The number of hydrogen-bond acceptors (Lipinski definition) is 3. The highest BCUT2D eigenvalue weighted by atomic mass is 15.0. The molecule has 0 aliphatic heterocycles. The van der Waals surface area contributed by atoms with Crippen LogP contribution in [-0.2, 0) is 0 Å². The highest BCUT2D eigenvalue weighted by Crippen LogP contribution is 2.43. The second-order valence-corrected chi connectivity index (χ2v) is 3.19. The van der Waals surface area contributed by atoms with Crippen LogP contribution in [0.4, 0.5) is 11.5 Å². The molecule has 1 fully saturated rings. The average Bonchev–Trinajstić information content (AvgIpc) is 2.88. The van der Waals surface area contributed by atoms with E-state index >= 15 is 0 Å². The highest BCUT2D eigenvalue weighted by molar-refractivity contribution is 5.66. The zero-order valence-corrected chi connectivity index (χ0v) is 7.17.